The van der Waals surface area contributed by atoms with Gasteiger partial charge in [-0.2, -0.15) is 0 Å². The second kappa shape index (κ2) is 9.17. The van der Waals surface area contributed by atoms with Crippen LogP contribution in [0.25, 0.3) is 0 Å². The normalized spacial score (nSPS) is 11.7. The molecule has 0 aliphatic rings. The second-order valence-electron chi connectivity index (χ2n) is 7.02. The van der Waals surface area contributed by atoms with Crippen LogP contribution in [0.3, 0.4) is 0 Å². The first-order valence-electron chi connectivity index (χ1n) is 9.38. The molecule has 0 aromatic heterocycles. The van der Waals surface area contributed by atoms with E-state index in [1.165, 1.54) is 16.7 Å². The molecule has 0 atom stereocenters. The van der Waals surface area contributed by atoms with Crippen molar-refractivity contribution in [2.75, 3.05) is 6.54 Å². The third-order valence-corrected chi connectivity index (χ3v) is 4.81. The average Bonchev–Trinajstić information content (AvgIpc) is 2.69. The Bertz CT molecular complexity index is 690. The maximum absolute atomic E-state index is 2.31. The van der Waals surface area contributed by atoms with Crippen LogP contribution in [-0.2, 0) is 19.6 Å². The van der Waals surface area contributed by atoms with Crippen LogP contribution >= 0.6 is 0 Å². The Hall–Kier alpha value is -2.64. The largest absolute Gasteiger partial charge is 0.309 e. The van der Waals surface area contributed by atoms with Crippen LogP contribution in [-0.4, -0.2) is 11.0 Å². The van der Waals surface area contributed by atoms with Crippen molar-refractivity contribution < 1.29 is 4.48 Å². The van der Waals surface area contributed by atoms with E-state index in [9.17, 15) is 0 Å². The summed E-state index contributed by atoms with van der Waals surface area (Å²) in [7, 11) is 0. The fourth-order valence-electron chi connectivity index (χ4n) is 3.60. The van der Waals surface area contributed by atoms with Gasteiger partial charge in [-0.3, -0.25) is 0 Å². The van der Waals surface area contributed by atoms with Crippen molar-refractivity contribution in [3.05, 3.63) is 120 Å². The van der Waals surface area contributed by atoms with Crippen molar-refractivity contribution in [1.29, 1.82) is 0 Å². The van der Waals surface area contributed by atoms with Gasteiger partial charge in [0.05, 0.1) is 6.54 Å². The first-order valence-corrected chi connectivity index (χ1v) is 9.38. The average molecular weight is 343 g/mol. The number of allylic oxidation sites excluding steroid dienone is 1. The Morgan fingerprint density at radius 3 is 1.23 bits per heavy atom. The number of hydrogen-bond acceptors (Lipinski definition) is 0. The summed E-state index contributed by atoms with van der Waals surface area (Å²) in [4.78, 5) is 0. The maximum Gasteiger partial charge on any atom is 0.105 e. The molecule has 0 spiro atoms. The number of nitrogens with zero attached hydrogens (tertiary/aromatic N) is 1. The summed E-state index contributed by atoms with van der Waals surface area (Å²) in [6.45, 7) is 6.20. The lowest BCUT2D eigenvalue weighted by Gasteiger charge is -2.38. The summed E-state index contributed by atoms with van der Waals surface area (Å²) < 4.78 is 0.988. The Kier molecular flexibility index (Phi) is 6.40. The molecule has 26 heavy (non-hydrogen) atoms. The Morgan fingerprint density at radius 2 is 0.923 bits per heavy atom. The van der Waals surface area contributed by atoms with Crippen molar-refractivity contribution in [3.8, 4) is 0 Å². The van der Waals surface area contributed by atoms with Gasteiger partial charge in [0.1, 0.15) is 19.6 Å². The zero-order valence-electron chi connectivity index (χ0n) is 15.6. The molecule has 1 heteroatoms. The molecule has 0 fully saturated rings. The van der Waals surface area contributed by atoms with Crippen molar-refractivity contribution in [1.82, 2.24) is 0 Å². The molecule has 3 aromatic carbocycles. The van der Waals surface area contributed by atoms with Gasteiger partial charge in [0, 0.05) is 16.7 Å². The molecule has 0 radical (unpaired) electrons. The highest BCUT2D eigenvalue weighted by Gasteiger charge is 2.27. The highest BCUT2D eigenvalue weighted by Crippen LogP contribution is 2.24. The van der Waals surface area contributed by atoms with Gasteiger partial charge in [-0.25, -0.2) is 0 Å². The van der Waals surface area contributed by atoms with Crippen LogP contribution in [0.2, 0.25) is 0 Å². The van der Waals surface area contributed by atoms with Crippen molar-refractivity contribution in [2.24, 2.45) is 0 Å². The lowest BCUT2D eigenvalue weighted by molar-refractivity contribution is -0.961. The summed E-state index contributed by atoms with van der Waals surface area (Å²) in [6.07, 6.45) is 4.49. The fraction of sp³-hybridized carbons (Fsp3) is 0.200. The predicted octanol–water partition coefficient (Wildman–Crippen LogP) is 5.98. The highest BCUT2D eigenvalue weighted by atomic mass is 15.3. The van der Waals surface area contributed by atoms with Gasteiger partial charge in [-0.05, 0) is 13.0 Å². The lowest BCUT2D eigenvalue weighted by Crippen LogP contribution is -2.46. The standard InChI is InChI=1S/C25H28N/c1-2-3-19-26(20-23-13-7-4-8-14-23,21-24-15-9-5-10-16-24)22-25-17-11-6-12-18-25/h2-18H,19-22H2,1H3/q+1/b3-2+. The summed E-state index contributed by atoms with van der Waals surface area (Å²) >= 11 is 0. The number of benzene rings is 3. The predicted molar refractivity (Wildman–Crippen MR) is 110 cm³/mol. The van der Waals surface area contributed by atoms with Crippen LogP contribution in [0.5, 0.6) is 0 Å². The van der Waals surface area contributed by atoms with Gasteiger partial charge in [0.15, 0.2) is 0 Å². The lowest BCUT2D eigenvalue weighted by atomic mass is 10.1. The van der Waals surface area contributed by atoms with Gasteiger partial charge < -0.3 is 4.48 Å². The van der Waals surface area contributed by atoms with Crippen LogP contribution in [0.15, 0.2) is 103 Å². The highest BCUT2D eigenvalue weighted by molar-refractivity contribution is 5.17. The molecule has 0 N–H and O–H groups in total. The maximum atomic E-state index is 2.31. The molecular weight excluding hydrogens is 314 g/mol. The van der Waals surface area contributed by atoms with Gasteiger partial charge in [-0.15, -0.1) is 0 Å². The minimum absolute atomic E-state index is 0.988. The van der Waals surface area contributed by atoms with E-state index in [1.54, 1.807) is 0 Å². The molecule has 3 rings (SSSR count). The minimum atomic E-state index is 0.988. The zero-order chi connectivity index (χ0) is 18.1. The molecule has 0 saturated heterocycles. The van der Waals surface area contributed by atoms with E-state index >= 15 is 0 Å². The molecular formula is C25H28N+. The Morgan fingerprint density at radius 1 is 0.577 bits per heavy atom. The number of rotatable bonds is 8. The first kappa shape index (κ1) is 18.2. The number of quaternary nitrogens is 1. The second-order valence-corrected chi connectivity index (χ2v) is 7.02. The van der Waals surface area contributed by atoms with E-state index in [4.69, 9.17) is 0 Å². The molecule has 0 unspecified atom stereocenters. The topological polar surface area (TPSA) is 0 Å². The molecule has 0 bridgehead atoms. The van der Waals surface area contributed by atoms with Gasteiger partial charge in [-0.1, -0.05) is 97.1 Å². The Labute approximate surface area is 157 Å². The molecule has 1 nitrogen and oxygen atoms in total. The monoisotopic (exact) mass is 342 g/mol. The first-order chi connectivity index (χ1) is 12.8. The van der Waals surface area contributed by atoms with Crippen LogP contribution in [0.4, 0.5) is 0 Å². The van der Waals surface area contributed by atoms with Crippen molar-refractivity contribution in [2.45, 2.75) is 26.6 Å². The number of hydrogen-bond donors (Lipinski definition) is 0. The van der Waals surface area contributed by atoms with Crippen LogP contribution in [0.1, 0.15) is 23.6 Å². The van der Waals surface area contributed by atoms with E-state index in [0.29, 0.717) is 0 Å². The Balaban J connectivity index is 1.97. The fourth-order valence-corrected chi connectivity index (χ4v) is 3.60. The smallest absolute Gasteiger partial charge is 0.105 e. The molecule has 3 aromatic rings. The zero-order valence-corrected chi connectivity index (χ0v) is 15.6. The van der Waals surface area contributed by atoms with Crippen LogP contribution in [0, 0.1) is 0 Å². The summed E-state index contributed by atoms with van der Waals surface area (Å²) in [5.74, 6) is 0. The van der Waals surface area contributed by atoms with E-state index in [2.05, 4.69) is 110 Å². The molecule has 132 valence electrons. The minimum Gasteiger partial charge on any atom is -0.309 e. The van der Waals surface area contributed by atoms with E-state index in [1.807, 2.05) is 0 Å². The van der Waals surface area contributed by atoms with E-state index in [0.717, 1.165) is 30.7 Å². The quantitative estimate of drug-likeness (QED) is 0.349. The third-order valence-electron chi connectivity index (χ3n) is 4.81. The molecule has 0 heterocycles. The molecule has 0 aliphatic carbocycles. The SMILES string of the molecule is C/C=C/C[N+](Cc1ccccc1)(Cc1ccccc1)Cc1ccccc1. The van der Waals surface area contributed by atoms with Gasteiger partial charge in [0.25, 0.3) is 0 Å². The van der Waals surface area contributed by atoms with Gasteiger partial charge >= 0.3 is 0 Å². The van der Waals surface area contributed by atoms with E-state index < -0.39 is 0 Å². The third kappa shape index (κ3) is 5.18. The van der Waals surface area contributed by atoms with E-state index in [-0.39, 0.29) is 0 Å². The summed E-state index contributed by atoms with van der Waals surface area (Å²) in [5.41, 5.74) is 4.18. The molecule has 0 saturated carbocycles. The molecule has 0 amide bonds. The molecule has 0 aliphatic heterocycles. The van der Waals surface area contributed by atoms with Gasteiger partial charge in [0.2, 0.25) is 0 Å². The van der Waals surface area contributed by atoms with Crippen molar-refractivity contribution >= 4 is 0 Å². The van der Waals surface area contributed by atoms with Crippen molar-refractivity contribution in [3.63, 3.8) is 0 Å². The van der Waals surface area contributed by atoms with Crippen LogP contribution < -0.4 is 0 Å². The summed E-state index contributed by atoms with van der Waals surface area (Å²) in [5, 5.41) is 0. The summed E-state index contributed by atoms with van der Waals surface area (Å²) in [6, 6.07) is 32.6.